The topological polar surface area (TPSA) is 98.0 Å². The molecule has 0 fully saturated rings. The van der Waals surface area contributed by atoms with E-state index in [4.69, 9.17) is 18.0 Å². The number of hydrogen-bond donors (Lipinski definition) is 2. The molecule has 6 nitrogen and oxygen atoms in total. The monoisotopic (exact) mass is 274 g/mol. The molecule has 3 N–H and O–H groups in total. The quantitative estimate of drug-likeness (QED) is 0.706. The number of sulfonamides is 1. The van der Waals surface area contributed by atoms with E-state index in [0.29, 0.717) is 12.1 Å². The number of hydrogen-bond acceptors (Lipinski definition) is 5. The van der Waals surface area contributed by atoms with Gasteiger partial charge >= 0.3 is 0 Å². The Labute approximate surface area is 106 Å². The molecule has 1 heterocycles. The number of thiocarbonyl (C=S) groups is 1. The van der Waals surface area contributed by atoms with Gasteiger partial charge in [-0.15, -0.1) is 0 Å². The molecule has 94 valence electrons. The molecule has 1 rings (SSSR count). The standard InChI is InChI=1S/C9H14N4O2S2/c1-2-8(9(10)16)17(14,15)12-6-7-4-3-5-11-13-7/h3-5,8,12H,2,6H2,1H3,(H2,10,16). The van der Waals surface area contributed by atoms with Gasteiger partial charge in [0.1, 0.15) is 5.25 Å². The first-order chi connectivity index (χ1) is 7.97. The van der Waals surface area contributed by atoms with Crippen LogP contribution in [-0.4, -0.2) is 28.9 Å². The molecule has 0 amide bonds. The minimum atomic E-state index is -3.55. The normalized spacial score (nSPS) is 13.2. The van der Waals surface area contributed by atoms with Gasteiger partial charge in [-0.05, 0) is 18.6 Å². The average molecular weight is 274 g/mol. The van der Waals surface area contributed by atoms with Crippen molar-refractivity contribution in [3.05, 3.63) is 24.0 Å². The summed E-state index contributed by atoms with van der Waals surface area (Å²) in [7, 11) is -3.55. The maximum Gasteiger partial charge on any atom is 0.221 e. The van der Waals surface area contributed by atoms with Gasteiger partial charge in [-0.3, -0.25) is 0 Å². The van der Waals surface area contributed by atoms with E-state index >= 15 is 0 Å². The first-order valence-electron chi connectivity index (χ1n) is 5.01. The highest BCUT2D eigenvalue weighted by molar-refractivity contribution is 7.93. The maximum atomic E-state index is 11.8. The van der Waals surface area contributed by atoms with Crippen LogP contribution in [-0.2, 0) is 16.6 Å². The van der Waals surface area contributed by atoms with Crippen LogP contribution < -0.4 is 10.5 Å². The van der Waals surface area contributed by atoms with Crippen LogP contribution in [0.4, 0.5) is 0 Å². The Morgan fingerprint density at radius 2 is 2.35 bits per heavy atom. The zero-order valence-corrected chi connectivity index (χ0v) is 11.0. The van der Waals surface area contributed by atoms with Gasteiger partial charge in [0.2, 0.25) is 10.0 Å². The van der Waals surface area contributed by atoms with E-state index in [-0.39, 0.29) is 11.5 Å². The van der Waals surface area contributed by atoms with Crippen molar-refractivity contribution in [3.8, 4) is 0 Å². The predicted molar refractivity (Wildman–Crippen MR) is 68.7 cm³/mol. The van der Waals surface area contributed by atoms with Crippen LogP contribution in [0.15, 0.2) is 18.3 Å². The summed E-state index contributed by atoms with van der Waals surface area (Å²) < 4.78 is 26.1. The molecular weight excluding hydrogens is 260 g/mol. The molecule has 0 radical (unpaired) electrons. The Balaban J connectivity index is 2.71. The van der Waals surface area contributed by atoms with Crippen LogP contribution >= 0.6 is 12.2 Å². The van der Waals surface area contributed by atoms with Crippen LogP contribution in [0.25, 0.3) is 0 Å². The Hall–Kier alpha value is -1.12. The lowest BCUT2D eigenvalue weighted by molar-refractivity contribution is 0.573. The third-order valence-corrected chi connectivity index (χ3v) is 4.46. The van der Waals surface area contributed by atoms with Crippen molar-refractivity contribution in [2.75, 3.05) is 0 Å². The van der Waals surface area contributed by atoms with Gasteiger partial charge < -0.3 is 5.73 Å². The molecule has 1 atom stereocenters. The predicted octanol–water partition coefficient (Wildman–Crippen LogP) is -0.0393. The SMILES string of the molecule is CCC(C(N)=S)S(=O)(=O)NCc1cccnn1. The molecule has 1 aromatic rings. The maximum absolute atomic E-state index is 11.8. The molecule has 0 bridgehead atoms. The summed E-state index contributed by atoms with van der Waals surface area (Å²) in [5.41, 5.74) is 5.92. The highest BCUT2D eigenvalue weighted by atomic mass is 32.2. The van der Waals surface area contributed by atoms with Gasteiger partial charge in [-0.2, -0.15) is 10.2 Å². The van der Waals surface area contributed by atoms with Crippen molar-refractivity contribution in [3.63, 3.8) is 0 Å². The van der Waals surface area contributed by atoms with Crippen LogP contribution in [0.2, 0.25) is 0 Å². The van der Waals surface area contributed by atoms with E-state index in [1.165, 1.54) is 6.20 Å². The summed E-state index contributed by atoms with van der Waals surface area (Å²) in [6.07, 6.45) is 1.85. The molecule has 0 aliphatic heterocycles. The number of nitrogens with zero attached hydrogens (tertiary/aromatic N) is 2. The molecule has 0 spiro atoms. The average Bonchev–Trinajstić information content (AvgIpc) is 2.28. The fraction of sp³-hybridized carbons (Fsp3) is 0.444. The molecule has 0 saturated heterocycles. The van der Waals surface area contributed by atoms with E-state index in [0.717, 1.165) is 0 Å². The molecule has 1 aromatic heterocycles. The van der Waals surface area contributed by atoms with Crippen molar-refractivity contribution < 1.29 is 8.42 Å². The van der Waals surface area contributed by atoms with Crippen LogP contribution in [0.1, 0.15) is 19.0 Å². The van der Waals surface area contributed by atoms with Crippen molar-refractivity contribution in [1.82, 2.24) is 14.9 Å². The van der Waals surface area contributed by atoms with Crippen molar-refractivity contribution >= 4 is 27.2 Å². The van der Waals surface area contributed by atoms with E-state index in [1.54, 1.807) is 19.1 Å². The van der Waals surface area contributed by atoms with Gasteiger partial charge in [-0.25, -0.2) is 13.1 Å². The van der Waals surface area contributed by atoms with Gasteiger partial charge in [0.15, 0.2) is 0 Å². The van der Waals surface area contributed by atoms with E-state index in [9.17, 15) is 8.42 Å². The number of nitrogens with one attached hydrogen (secondary N) is 1. The second-order valence-electron chi connectivity index (χ2n) is 3.38. The summed E-state index contributed by atoms with van der Waals surface area (Å²) in [6, 6.07) is 3.36. The zero-order valence-electron chi connectivity index (χ0n) is 9.33. The van der Waals surface area contributed by atoms with E-state index in [1.807, 2.05) is 0 Å². The fourth-order valence-electron chi connectivity index (χ4n) is 1.28. The lowest BCUT2D eigenvalue weighted by Gasteiger charge is -2.14. The Morgan fingerprint density at radius 1 is 1.65 bits per heavy atom. The first-order valence-corrected chi connectivity index (χ1v) is 6.97. The summed E-state index contributed by atoms with van der Waals surface area (Å²) >= 11 is 4.73. The smallest absolute Gasteiger partial charge is 0.221 e. The Bertz CT molecular complexity index is 475. The summed E-state index contributed by atoms with van der Waals surface area (Å²) in [4.78, 5) is -0.0286. The summed E-state index contributed by atoms with van der Waals surface area (Å²) in [5, 5.41) is 6.57. The Kier molecular flexibility index (Phi) is 4.91. The molecular formula is C9H14N4O2S2. The molecule has 1 unspecified atom stereocenters. The number of rotatable bonds is 6. The zero-order chi connectivity index (χ0) is 12.9. The van der Waals surface area contributed by atoms with Gasteiger partial charge in [0, 0.05) is 6.20 Å². The highest BCUT2D eigenvalue weighted by Gasteiger charge is 2.25. The fourth-order valence-corrected chi connectivity index (χ4v) is 3.12. The third-order valence-electron chi connectivity index (χ3n) is 2.14. The molecule has 0 aliphatic carbocycles. The first kappa shape index (κ1) is 13.9. The molecule has 0 aliphatic rings. The molecule has 17 heavy (non-hydrogen) atoms. The summed E-state index contributed by atoms with van der Waals surface area (Å²) in [5.74, 6) is 0. The lowest BCUT2D eigenvalue weighted by atomic mass is 10.3. The van der Waals surface area contributed by atoms with Crippen LogP contribution in [0.5, 0.6) is 0 Å². The largest absolute Gasteiger partial charge is 0.392 e. The second-order valence-corrected chi connectivity index (χ2v) is 5.80. The molecule has 8 heteroatoms. The molecule has 0 saturated carbocycles. The van der Waals surface area contributed by atoms with Crippen LogP contribution in [0, 0.1) is 0 Å². The number of nitrogens with two attached hydrogens (primary N) is 1. The van der Waals surface area contributed by atoms with Crippen LogP contribution in [0.3, 0.4) is 0 Å². The third kappa shape index (κ3) is 3.99. The second kappa shape index (κ2) is 5.99. The van der Waals surface area contributed by atoms with Crippen molar-refractivity contribution in [2.45, 2.75) is 25.1 Å². The van der Waals surface area contributed by atoms with Crippen molar-refractivity contribution in [2.24, 2.45) is 5.73 Å². The van der Waals surface area contributed by atoms with E-state index in [2.05, 4.69) is 14.9 Å². The van der Waals surface area contributed by atoms with Gasteiger partial charge in [0.25, 0.3) is 0 Å². The number of aromatic nitrogens is 2. The van der Waals surface area contributed by atoms with Gasteiger partial charge in [0.05, 0.1) is 17.2 Å². The van der Waals surface area contributed by atoms with Gasteiger partial charge in [-0.1, -0.05) is 19.1 Å². The minimum Gasteiger partial charge on any atom is -0.392 e. The minimum absolute atomic E-state index is 0.0286. The Morgan fingerprint density at radius 3 is 2.82 bits per heavy atom. The highest BCUT2D eigenvalue weighted by Crippen LogP contribution is 2.05. The lowest BCUT2D eigenvalue weighted by Crippen LogP contribution is -2.41. The van der Waals surface area contributed by atoms with Crippen molar-refractivity contribution in [1.29, 1.82) is 0 Å². The van der Waals surface area contributed by atoms with E-state index < -0.39 is 15.3 Å². The summed E-state index contributed by atoms with van der Waals surface area (Å²) in [6.45, 7) is 1.79. The molecule has 0 aromatic carbocycles.